The summed E-state index contributed by atoms with van der Waals surface area (Å²) in [5, 5.41) is 18.5. The lowest BCUT2D eigenvalue weighted by atomic mass is 10.1. The molecular formula is C16H14ClNO2. The molecule has 0 aromatic heterocycles. The Labute approximate surface area is 123 Å². The second kappa shape index (κ2) is 6.42. The van der Waals surface area contributed by atoms with Crippen molar-refractivity contribution in [1.29, 1.82) is 5.26 Å². The summed E-state index contributed by atoms with van der Waals surface area (Å²) in [6.07, 6.45) is -0.184. The lowest BCUT2D eigenvalue weighted by Crippen LogP contribution is -1.92. The van der Waals surface area contributed by atoms with Gasteiger partial charge < -0.3 is 9.84 Å². The van der Waals surface area contributed by atoms with Crippen molar-refractivity contribution in [2.24, 2.45) is 0 Å². The first kappa shape index (κ1) is 14.4. The van der Waals surface area contributed by atoms with Gasteiger partial charge in [-0.2, -0.15) is 5.26 Å². The molecule has 0 bridgehead atoms. The van der Waals surface area contributed by atoms with E-state index < -0.39 is 6.10 Å². The highest BCUT2D eigenvalue weighted by Gasteiger charge is 2.07. The van der Waals surface area contributed by atoms with E-state index in [0.717, 1.165) is 11.1 Å². The maximum Gasteiger partial charge on any atom is 0.146 e. The molecule has 0 saturated carbocycles. The second-order valence-corrected chi connectivity index (χ2v) is 4.85. The summed E-state index contributed by atoms with van der Waals surface area (Å²) >= 11 is 6.13. The molecule has 20 heavy (non-hydrogen) atoms. The zero-order valence-electron chi connectivity index (χ0n) is 11.0. The quantitative estimate of drug-likeness (QED) is 0.914. The van der Waals surface area contributed by atoms with Crippen LogP contribution in [0.3, 0.4) is 0 Å². The number of aliphatic hydroxyl groups is 1. The molecule has 102 valence electrons. The molecule has 0 aliphatic rings. The summed E-state index contributed by atoms with van der Waals surface area (Å²) < 4.78 is 5.68. The van der Waals surface area contributed by atoms with Crippen molar-refractivity contribution in [2.45, 2.75) is 19.4 Å². The maximum atomic E-state index is 9.48. The van der Waals surface area contributed by atoms with Crippen molar-refractivity contribution in [2.75, 3.05) is 0 Å². The lowest BCUT2D eigenvalue weighted by molar-refractivity contribution is 0.199. The van der Waals surface area contributed by atoms with Crippen LogP contribution in [0.1, 0.15) is 24.2 Å². The van der Waals surface area contributed by atoms with Crippen LogP contribution in [-0.4, -0.2) is 5.11 Å². The first-order chi connectivity index (χ1) is 9.60. The normalized spacial score (nSPS) is 11.7. The molecule has 0 aliphatic carbocycles. The van der Waals surface area contributed by atoms with E-state index in [4.69, 9.17) is 21.6 Å². The Morgan fingerprint density at radius 1 is 1.25 bits per heavy atom. The molecule has 0 saturated heterocycles. The number of halogens is 1. The fourth-order valence-electron chi connectivity index (χ4n) is 1.75. The van der Waals surface area contributed by atoms with E-state index in [0.29, 0.717) is 22.9 Å². The third-order valence-electron chi connectivity index (χ3n) is 2.87. The minimum absolute atomic E-state index is 0.379. The van der Waals surface area contributed by atoms with Crippen molar-refractivity contribution in [3.05, 3.63) is 58.6 Å². The molecule has 0 fully saturated rings. The summed E-state index contributed by atoms with van der Waals surface area (Å²) in [4.78, 5) is 0. The number of rotatable bonds is 4. The van der Waals surface area contributed by atoms with Crippen molar-refractivity contribution in [3.63, 3.8) is 0 Å². The van der Waals surface area contributed by atoms with Gasteiger partial charge in [-0.05, 0) is 42.3 Å². The maximum absolute atomic E-state index is 9.48. The molecule has 1 atom stereocenters. The van der Waals surface area contributed by atoms with E-state index in [1.165, 1.54) is 0 Å². The van der Waals surface area contributed by atoms with Crippen LogP contribution in [0.5, 0.6) is 11.5 Å². The van der Waals surface area contributed by atoms with Crippen LogP contribution in [0.25, 0.3) is 0 Å². The summed E-state index contributed by atoms with van der Waals surface area (Å²) in [5.41, 5.74) is 1.68. The van der Waals surface area contributed by atoms with Gasteiger partial charge in [0, 0.05) is 0 Å². The van der Waals surface area contributed by atoms with E-state index in [2.05, 4.69) is 6.07 Å². The molecule has 0 heterocycles. The molecule has 4 heteroatoms. The predicted octanol–water partition coefficient (Wildman–Crippen LogP) is 4.25. The molecular weight excluding hydrogens is 274 g/mol. The minimum Gasteiger partial charge on any atom is -0.456 e. The topological polar surface area (TPSA) is 53.2 Å². The molecule has 2 aromatic carbocycles. The van der Waals surface area contributed by atoms with Crippen LogP contribution in [0.2, 0.25) is 5.02 Å². The fraction of sp³-hybridized carbons (Fsp3) is 0.188. The van der Waals surface area contributed by atoms with E-state index in [1.807, 2.05) is 12.1 Å². The number of hydrogen-bond acceptors (Lipinski definition) is 3. The second-order valence-electron chi connectivity index (χ2n) is 4.45. The van der Waals surface area contributed by atoms with Crippen LogP contribution in [0.4, 0.5) is 0 Å². The third kappa shape index (κ3) is 3.51. The van der Waals surface area contributed by atoms with Crippen LogP contribution in [-0.2, 0) is 6.42 Å². The molecule has 0 radical (unpaired) electrons. The van der Waals surface area contributed by atoms with Crippen molar-refractivity contribution in [1.82, 2.24) is 0 Å². The van der Waals surface area contributed by atoms with Gasteiger partial charge in [0.1, 0.15) is 11.5 Å². The number of benzene rings is 2. The standard InChI is InChI=1S/C16H14ClNO2/c1-11(19)13-4-7-16(15(17)10-13)20-14-5-2-12(3-6-14)8-9-18/h2-7,10-11,19H,8H2,1H3. The lowest BCUT2D eigenvalue weighted by Gasteiger charge is -2.10. The Balaban J connectivity index is 2.15. The zero-order chi connectivity index (χ0) is 14.5. The SMILES string of the molecule is CC(O)c1ccc(Oc2ccc(CC#N)cc2)c(Cl)c1. The Morgan fingerprint density at radius 3 is 2.50 bits per heavy atom. The van der Waals surface area contributed by atoms with Crippen LogP contribution in [0.15, 0.2) is 42.5 Å². The molecule has 2 rings (SSSR count). The van der Waals surface area contributed by atoms with Gasteiger partial charge in [0.15, 0.2) is 0 Å². The van der Waals surface area contributed by atoms with Gasteiger partial charge in [-0.25, -0.2) is 0 Å². The highest BCUT2D eigenvalue weighted by atomic mass is 35.5. The van der Waals surface area contributed by atoms with Gasteiger partial charge in [-0.3, -0.25) is 0 Å². The van der Waals surface area contributed by atoms with Gasteiger partial charge in [0.25, 0.3) is 0 Å². The summed E-state index contributed by atoms with van der Waals surface area (Å²) in [5.74, 6) is 1.18. The van der Waals surface area contributed by atoms with Gasteiger partial charge in [0.05, 0.1) is 23.6 Å². The number of nitriles is 1. The Kier molecular flexibility index (Phi) is 4.62. The molecule has 3 nitrogen and oxygen atoms in total. The van der Waals surface area contributed by atoms with Gasteiger partial charge >= 0.3 is 0 Å². The Morgan fingerprint density at radius 2 is 1.95 bits per heavy atom. The molecule has 0 amide bonds. The molecule has 2 aromatic rings. The Hall–Kier alpha value is -2.02. The average molecular weight is 288 g/mol. The van der Waals surface area contributed by atoms with Gasteiger partial charge in [-0.15, -0.1) is 0 Å². The van der Waals surface area contributed by atoms with Crippen molar-refractivity contribution < 1.29 is 9.84 Å². The largest absolute Gasteiger partial charge is 0.456 e. The van der Waals surface area contributed by atoms with E-state index >= 15 is 0 Å². The van der Waals surface area contributed by atoms with Crippen LogP contribution >= 0.6 is 11.6 Å². The number of hydrogen-bond donors (Lipinski definition) is 1. The molecule has 1 unspecified atom stereocenters. The average Bonchev–Trinajstić information content (AvgIpc) is 2.43. The summed E-state index contributed by atoms with van der Waals surface area (Å²) in [7, 11) is 0. The number of nitrogens with zero attached hydrogens (tertiary/aromatic N) is 1. The van der Waals surface area contributed by atoms with Crippen LogP contribution < -0.4 is 4.74 Å². The van der Waals surface area contributed by atoms with Gasteiger partial charge in [-0.1, -0.05) is 29.8 Å². The summed E-state index contributed by atoms with van der Waals surface area (Å²) in [6, 6.07) is 14.6. The molecule has 0 aliphatic heterocycles. The third-order valence-corrected chi connectivity index (χ3v) is 3.17. The number of ether oxygens (including phenoxy) is 1. The molecule has 0 spiro atoms. The van der Waals surface area contributed by atoms with E-state index in [-0.39, 0.29) is 0 Å². The predicted molar refractivity (Wildman–Crippen MR) is 77.9 cm³/mol. The first-order valence-corrected chi connectivity index (χ1v) is 6.59. The zero-order valence-corrected chi connectivity index (χ0v) is 11.8. The molecule has 1 N–H and O–H groups in total. The summed E-state index contributed by atoms with van der Waals surface area (Å²) in [6.45, 7) is 1.68. The highest BCUT2D eigenvalue weighted by Crippen LogP contribution is 2.31. The van der Waals surface area contributed by atoms with Crippen LogP contribution in [0, 0.1) is 11.3 Å². The fourth-order valence-corrected chi connectivity index (χ4v) is 1.98. The minimum atomic E-state index is -0.563. The van der Waals surface area contributed by atoms with Gasteiger partial charge in [0.2, 0.25) is 0 Å². The smallest absolute Gasteiger partial charge is 0.146 e. The van der Waals surface area contributed by atoms with Crippen molar-refractivity contribution in [3.8, 4) is 17.6 Å². The highest BCUT2D eigenvalue weighted by molar-refractivity contribution is 6.32. The first-order valence-electron chi connectivity index (χ1n) is 6.21. The van der Waals surface area contributed by atoms with Crippen molar-refractivity contribution >= 4 is 11.6 Å². The Bertz CT molecular complexity index is 630. The monoisotopic (exact) mass is 287 g/mol. The number of aliphatic hydroxyl groups excluding tert-OH is 1. The van der Waals surface area contributed by atoms with E-state index in [9.17, 15) is 5.11 Å². The van der Waals surface area contributed by atoms with E-state index in [1.54, 1.807) is 37.3 Å².